The highest BCUT2D eigenvalue weighted by molar-refractivity contribution is 7.89. The third kappa shape index (κ3) is 5.25. The summed E-state index contributed by atoms with van der Waals surface area (Å²) in [4.78, 5) is 21.9. The van der Waals surface area contributed by atoms with E-state index < -0.39 is 26.4 Å². The highest BCUT2D eigenvalue weighted by Gasteiger charge is 2.22. The second-order valence-electron chi connectivity index (χ2n) is 6.86. The summed E-state index contributed by atoms with van der Waals surface area (Å²) in [6, 6.07) is 9.62. The van der Waals surface area contributed by atoms with E-state index in [1.54, 1.807) is 26.8 Å². The van der Waals surface area contributed by atoms with Gasteiger partial charge in [-0.1, -0.05) is 6.07 Å². The van der Waals surface area contributed by atoms with Crippen LogP contribution in [-0.2, 0) is 10.0 Å². The number of nitro groups is 1. The maximum absolute atomic E-state index is 12.4. The number of nitrogens with zero attached hydrogens (tertiary/aromatic N) is 1. The molecule has 10 heteroatoms. The molecule has 2 aromatic carbocycles. The van der Waals surface area contributed by atoms with Crippen LogP contribution in [-0.4, -0.2) is 24.8 Å². The molecule has 4 N–H and O–H groups in total. The minimum Gasteiger partial charge on any atom is -0.366 e. The number of hydrogen-bond acceptors (Lipinski definition) is 6. The fraction of sp³-hybridized carbons (Fsp3) is 0.235. The van der Waals surface area contributed by atoms with Gasteiger partial charge in [-0.15, -0.1) is 0 Å². The van der Waals surface area contributed by atoms with Crippen LogP contribution in [0.15, 0.2) is 47.4 Å². The van der Waals surface area contributed by atoms with Gasteiger partial charge in [-0.05, 0) is 51.1 Å². The molecule has 0 aliphatic carbocycles. The molecule has 1 amide bonds. The highest BCUT2D eigenvalue weighted by Crippen LogP contribution is 2.29. The Hall–Kier alpha value is -2.98. The van der Waals surface area contributed by atoms with Crippen LogP contribution in [0.3, 0.4) is 0 Å². The summed E-state index contributed by atoms with van der Waals surface area (Å²) in [6.07, 6.45) is 0. The van der Waals surface area contributed by atoms with Crippen molar-refractivity contribution in [3.63, 3.8) is 0 Å². The molecule has 0 heterocycles. The third-order valence-electron chi connectivity index (χ3n) is 3.34. The van der Waals surface area contributed by atoms with Crippen LogP contribution < -0.4 is 15.8 Å². The van der Waals surface area contributed by atoms with Gasteiger partial charge in [0, 0.05) is 22.9 Å². The average Bonchev–Trinajstić information content (AvgIpc) is 2.53. The van der Waals surface area contributed by atoms with Crippen LogP contribution in [0, 0.1) is 10.1 Å². The molecule has 0 aliphatic heterocycles. The zero-order chi connectivity index (χ0) is 20.4. The first-order chi connectivity index (χ1) is 12.4. The minimum atomic E-state index is -3.76. The van der Waals surface area contributed by atoms with E-state index in [1.165, 1.54) is 30.3 Å². The van der Waals surface area contributed by atoms with E-state index in [0.717, 1.165) is 6.07 Å². The summed E-state index contributed by atoms with van der Waals surface area (Å²) >= 11 is 0. The summed E-state index contributed by atoms with van der Waals surface area (Å²) in [5.41, 5.74) is 4.57. The SMILES string of the molecule is CC(C)(C)NS(=O)(=O)c1cccc(Nc2ccc(C(N)=O)cc2[N+](=O)[O-])c1. The smallest absolute Gasteiger partial charge is 0.293 e. The first kappa shape index (κ1) is 20.3. The molecule has 9 nitrogen and oxygen atoms in total. The quantitative estimate of drug-likeness (QED) is 0.509. The Balaban J connectivity index is 2.40. The van der Waals surface area contributed by atoms with Crippen molar-refractivity contribution in [1.29, 1.82) is 0 Å². The number of rotatable bonds is 6. The van der Waals surface area contributed by atoms with Crippen molar-refractivity contribution in [3.05, 3.63) is 58.1 Å². The van der Waals surface area contributed by atoms with Gasteiger partial charge < -0.3 is 11.1 Å². The minimum absolute atomic E-state index is 0.00189. The second-order valence-corrected chi connectivity index (χ2v) is 8.54. The number of carbonyl (C=O) groups is 1. The van der Waals surface area contributed by atoms with Gasteiger partial charge in [0.2, 0.25) is 15.9 Å². The molecule has 0 fully saturated rings. The first-order valence-corrected chi connectivity index (χ1v) is 9.37. The maximum atomic E-state index is 12.4. The Morgan fingerprint density at radius 1 is 1.15 bits per heavy atom. The lowest BCUT2D eigenvalue weighted by atomic mass is 10.1. The summed E-state index contributed by atoms with van der Waals surface area (Å²) in [5, 5.41) is 14.1. The molecule has 0 bridgehead atoms. The number of benzene rings is 2. The van der Waals surface area contributed by atoms with Crippen LogP contribution in [0.4, 0.5) is 17.1 Å². The Morgan fingerprint density at radius 3 is 2.37 bits per heavy atom. The van der Waals surface area contributed by atoms with E-state index in [4.69, 9.17) is 5.73 Å². The van der Waals surface area contributed by atoms with Crippen molar-refractivity contribution in [1.82, 2.24) is 4.72 Å². The van der Waals surface area contributed by atoms with Gasteiger partial charge in [0.1, 0.15) is 5.69 Å². The van der Waals surface area contributed by atoms with E-state index in [9.17, 15) is 23.3 Å². The molecule has 0 radical (unpaired) electrons. The zero-order valence-corrected chi connectivity index (χ0v) is 15.8. The standard InChI is InChI=1S/C17H20N4O5S/c1-17(2,3)20-27(25,26)13-6-4-5-12(10-13)19-14-8-7-11(16(18)22)9-15(14)21(23)24/h4-10,19-20H,1-3H3,(H2,18,22). The van der Waals surface area contributed by atoms with E-state index >= 15 is 0 Å². The predicted octanol–water partition coefficient (Wildman–Crippen LogP) is 2.51. The van der Waals surface area contributed by atoms with Crippen molar-refractivity contribution >= 4 is 33.0 Å². The number of primary amides is 1. The number of sulfonamides is 1. The molecule has 27 heavy (non-hydrogen) atoms. The molecule has 0 saturated carbocycles. The van der Waals surface area contributed by atoms with Gasteiger partial charge in [-0.25, -0.2) is 13.1 Å². The Kier molecular flexibility index (Phi) is 5.52. The molecular weight excluding hydrogens is 372 g/mol. The average molecular weight is 392 g/mol. The number of hydrogen-bond donors (Lipinski definition) is 3. The van der Waals surface area contributed by atoms with Crippen LogP contribution in [0.1, 0.15) is 31.1 Å². The van der Waals surface area contributed by atoms with E-state index in [2.05, 4.69) is 10.0 Å². The fourth-order valence-corrected chi connectivity index (χ4v) is 3.76. The molecule has 2 aromatic rings. The van der Waals surface area contributed by atoms with Gasteiger partial charge in [-0.3, -0.25) is 14.9 Å². The zero-order valence-electron chi connectivity index (χ0n) is 15.0. The van der Waals surface area contributed by atoms with Gasteiger partial charge in [-0.2, -0.15) is 0 Å². The first-order valence-electron chi connectivity index (χ1n) is 7.88. The largest absolute Gasteiger partial charge is 0.366 e. The van der Waals surface area contributed by atoms with Crippen molar-refractivity contribution < 1.29 is 18.1 Å². The summed E-state index contributed by atoms with van der Waals surface area (Å²) in [5.74, 6) is -0.786. The molecule has 2 rings (SSSR count). The topological polar surface area (TPSA) is 144 Å². The molecule has 0 saturated heterocycles. The van der Waals surface area contributed by atoms with Crippen LogP contribution in [0.2, 0.25) is 0 Å². The van der Waals surface area contributed by atoms with Crippen LogP contribution in [0.25, 0.3) is 0 Å². The lowest BCUT2D eigenvalue weighted by Crippen LogP contribution is -2.40. The van der Waals surface area contributed by atoms with Gasteiger partial charge >= 0.3 is 0 Å². The highest BCUT2D eigenvalue weighted by atomic mass is 32.2. The van der Waals surface area contributed by atoms with Gasteiger partial charge in [0.15, 0.2) is 0 Å². The predicted molar refractivity (Wildman–Crippen MR) is 101 cm³/mol. The molecule has 0 aliphatic rings. The molecule has 0 aromatic heterocycles. The lowest BCUT2D eigenvalue weighted by Gasteiger charge is -2.20. The summed E-state index contributed by atoms with van der Waals surface area (Å²) < 4.78 is 27.4. The molecule has 0 unspecified atom stereocenters. The van der Waals surface area contributed by atoms with Crippen molar-refractivity contribution in [2.45, 2.75) is 31.2 Å². The third-order valence-corrected chi connectivity index (χ3v) is 5.10. The maximum Gasteiger partial charge on any atom is 0.293 e. The van der Waals surface area contributed by atoms with Crippen LogP contribution >= 0.6 is 0 Å². The molecular formula is C17H20N4O5S. The van der Waals surface area contributed by atoms with Crippen molar-refractivity contribution in [2.24, 2.45) is 5.73 Å². The Morgan fingerprint density at radius 2 is 1.81 bits per heavy atom. The van der Waals surface area contributed by atoms with Crippen molar-refractivity contribution in [3.8, 4) is 0 Å². The molecule has 144 valence electrons. The van der Waals surface area contributed by atoms with Crippen LogP contribution in [0.5, 0.6) is 0 Å². The number of carbonyl (C=O) groups excluding carboxylic acids is 1. The number of nitrogens with two attached hydrogens (primary N) is 1. The lowest BCUT2D eigenvalue weighted by molar-refractivity contribution is -0.383. The Bertz CT molecular complexity index is 997. The van der Waals surface area contributed by atoms with E-state index in [1.807, 2.05) is 0 Å². The van der Waals surface area contributed by atoms with E-state index in [-0.39, 0.29) is 21.8 Å². The number of nitro benzene ring substituents is 1. The summed E-state index contributed by atoms with van der Waals surface area (Å²) in [7, 11) is -3.76. The summed E-state index contributed by atoms with van der Waals surface area (Å²) in [6.45, 7) is 5.16. The second kappa shape index (κ2) is 7.33. The number of amides is 1. The molecule has 0 spiro atoms. The fourth-order valence-electron chi connectivity index (χ4n) is 2.30. The van der Waals surface area contributed by atoms with Gasteiger partial charge in [0.05, 0.1) is 9.82 Å². The number of nitrogens with one attached hydrogen (secondary N) is 2. The monoisotopic (exact) mass is 392 g/mol. The normalized spacial score (nSPS) is 11.8. The molecule has 0 atom stereocenters. The Labute approximate surface area is 156 Å². The van der Waals surface area contributed by atoms with E-state index in [0.29, 0.717) is 5.69 Å². The van der Waals surface area contributed by atoms with Crippen molar-refractivity contribution in [2.75, 3.05) is 5.32 Å². The number of anilines is 2. The van der Waals surface area contributed by atoms with Gasteiger partial charge in [0.25, 0.3) is 5.69 Å².